The van der Waals surface area contributed by atoms with E-state index in [-0.39, 0.29) is 35.6 Å². The van der Waals surface area contributed by atoms with Crippen LogP contribution in [0.3, 0.4) is 0 Å². The molecule has 0 aliphatic carbocycles. The van der Waals surface area contributed by atoms with Crippen LogP contribution in [0.2, 0.25) is 0 Å². The molecule has 3 N–H and O–H groups in total. The maximum Gasteiger partial charge on any atom is 0.270 e. The number of rotatable bonds is 7. The van der Waals surface area contributed by atoms with Gasteiger partial charge in [-0.3, -0.25) is 14.5 Å². The number of aliphatic hydroxyl groups is 1. The van der Waals surface area contributed by atoms with E-state index in [1.165, 1.54) is 17.5 Å². The largest absolute Gasteiger partial charge is 0.390 e. The second kappa shape index (κ2) is 9.44. The van der Waals surface area contributed by atoms with E-state index in [2.05, 4.69) is 63.6 Å². The molecule has 9 heteroatoms. The maximum absolute atomic E-state index is 12.6. The van der Waals surface area contributed by atoms with E-state index < -0.39 is 6.10 Å². The van der Waals surface area contributed by atoms with Crippen molar-refractivity contribution in [3.05, 3.63) is 53.5 Å². The van der Waals surface area contributed by atoms with Crippen molar-refractivity contribution in [2.45, 2.75) is 44.9 Å². The monoisotopic (exact) mass is 452 g/mol. The zero-order chi connectivity index (χ0) is 23.6. The normalized spacial score (nSPS) is 18.7. The van der Waals surface area contributed by atoms with Crippen molar-refractivity contribution in [1.29, 1.82) is 0 Å². The van der Waals surface area contributed by atoms with Crippen LogP contribution in [0.15, 0.2) is 36.7 Å². The number of aromatic nitrogens is 2. The lowest BCUT2D eigenvalue weighted by atomic mass is 9.83. The lowest BCUT2D eigenvalue weighted by molar-refractivity contribution is -0.132. The minimum Gasteiger partial charge on any atom is -0.390 e. The molecule has 1 aromatic carbocycles. The molecular formula is C24H32N6O3. The SMILES string of the molecule is CC(=O)N1CC(Nc2cc(C(=O)NC[C@H](O)CN3CCc4ccccc4C3(C)C)ncn2)C1. The molecule has 9 nitrogen and oxygen atoms in total. The third-order valence-electron chi connectivity index (χ3n) is 6.63. The number of aliphatic hydroxyl groups excluding tert-OH is 1. The fourth-order valence-electron chi connectivity index (χ4n) is 4.58. The molecule has 2 aliphatic rings. The number of benzene rings is 1. The molecule has 33 heavy (non-hydrogen) atoms. The molecule has 176 valence electrons. The number of anilines is 1. The minimum absolute atomic E-state index is 0.0477. The Kier molecular flexibility index (Phi) is 6.62. The summed E-state index contributed by atoms with van der Waals surface area (Å²) in [7, 11) is 0. The van der Waals surface area contributed by atoms with Gasteiger partial charge in [-0.05, 0) is 31.4 Å². The smallest absolute Gasteiger partial charge is 0.270 e. The van der Waals surface area contributed by atoms with Gasteiger partial charge >= 0.3 is 0 Å². The molecule has 4 rings (SSSR count). The van der Waals surface area contributed by atoms with Gasteiger partial charge in [0.1, 0.15) is 17.8 Å². The molecular weight excluding hydrogens is 420 g/mol. The zero-order valence-electron chi connectivity index (χ0n) is 19.4. The van der Waals surface area contributed by atoms with Gasteiger partial charge in [-0.1, -0.05) is 24.3 Å². The Hall–Kier alpha value is -3.04. The summed E-state index contributed by atoms with van der Waals surface area (Å²) in [6.07, 6.45) is 1.58. The fraction of sp³-hybridized carbons (Fsp3) is 0.500. The second-order valence-corrected chi connectivity index (χ2v) is 9.33. The fourth-order valence-corrected chi connectivity index (χ4v) is 4.58. The number of nitrogens with zero attached hydrogens (tertiary/aromatic N) is 4. The quantitative estimate of drug-likeness (QED) is 0.575. The van der Waals surface area contributed by atoms with Crippen molar-refractivity contribution in [2.75, 3.05) is 38.0 Å². The first-order valence-corrected chi connectivity index (χ1v) is 11.4. The van der Waals surface area contributed by atoms with Gasteiger partial charge in [0.05, 0.1) is 12.1 Å². The van der Waals surface area contributed by atoms with Crippen LogP contribution >= 0.6 is 0 Å². The molecule has 0 bridgehead atoms. The first kappa shape index (κ1) is 23.1. The molecule has 2 aliphatic heterocycles. The molecule has 0 unspecified atom stereocenters. The van der Waals surface area contributed by atoms with Crippen molar-refractivity contribution in [2.24, 2.45) is 0 Å². The van der Waals surface area contributed by atoms with E-state index in [0.29, 0.717) is 25.5 Å². The Morgan fingerprint density at radius 3 is 2.76 bits per heavy atom. The average molecular weight is 453 g/mol. The molecule has 0 spiro atoms. The molecule has 1 atom stereocenters. The number of hydrogen-bond donors (Lipinski definition) is 3. The number of carbonyl (C=O) groups excluding carboxylic acids is 2. The Balaban J connectivity index is 1.28. The Morgan fingerprint density at radius 2 is 2.00 bits per heavy atom. The second-order valence-electron chi connectivity index (χ2n) is 9.33. The number of likely N-dealkylation sites (tertiary alicyclic amines) is 1. The highest BCUT2D eigenvalue weighted by molar-refractivity contribution is 5.92. The number of nitrogens with one attached hydrogen (secondary N) is 2. The van der Waals surface area contributed by atoms with Gasteiger partial charge in [0.25, 0.3) is 5.91 Å². The summed E-state index contributed by atoms with van der Waals surface area (Å²) in [5, 5.41) is 16.6. The minimum atomic E-state index is -0.703. The Labute approximate surface area is 194 Å². The van der Waals surface area contributed by atoms with E-state index in [1.807, 2.05) is 0 Å². The van der Waals surface area contributed by atoms with Crippen LogP contribution in [-0.2, 0) is 16.8 Å². The van der Waals surface area contributed by atoms with Gasteiger partial charge in [-0.2, -0.15) is 0 Å². The van der Waals surface area contributed by atoms with Crippen LogP contribution in [0.1, 0.15) is 42.4 Å². The summed E-state index contributed by atoms with van der Waals surface area (Å²) in [4.78, 5) is 36.1. The van der Waals surface area contributed by atoms with Crippen LogP contribution in [0.5, 0.6) is 0 Å². The zero-order valence-corrected chi connectivity index (χ0v) is 19.4. The van der Waals surface area contributed by atoms with Gasteiger partial charge < -0.3 is 20.6 Å². The number of β-amino-alcohol motifs (C(OH)–C–C–N with tert-alkyl or cyclic N) is 1. The summed E-state index contributed by atoms with van der Waals surface area (Å²) < 4.78 is 0. The molecule has 0 radical (unpaired) electrons. The van der Waals surface area contributed by atoms with E-state index >= 15 is 0 Å². The summed E-state index contributed by atoms with van der Waals surface area (Å²) >= 11 is 0. The average Bonchev–Trinajstić information content (AvgIpc) is 2.76. The highest BCUT2D eigenvalue weighted by atomic mass is 16.3. The van der Waals surface area contributed by atoms with Crippen molar-refractivity contribution in [3.63, 3.8) is 0 Å². The topological polar surface area (TPSA) is 111 Å². The number of amides is 2. The number of fused-ring (bicyclic) bond motifs is 1. The Bertz CT molecular complexity index is 1020. The van der Waals surface area contributed by atoms with Crippen molar-refractivity contribution < 1.29 is 14.7 Å². The van der Waals surface area contributed by atoms with Gasteiger partial charge in [-0.15, -0.1) is 0 Å². The highest BCUT2D eigenvalue weighted by Gasteiger charge is 2.35. The molecule has 2 aromatic rings. The number of hydrogen-bond acceptors (Lipinski definition) is 7. The number of carbonyl (C=O) groups is 2. The van der Waals surface area contributed by atoms with Crippen LogP contribution < -0.4 is 10.6 Å². The predicted molar refractivity (Wildman–Crippen MR) is 125 cm³/mol. The summed E-state index contributed by atoms with van der Waals surface area (Å²) in [5.74, 6) is 0.228. The lowest BCUT2D eigenvalue weighted by Gasteiger charge is -2.44. The maximum atomic E-state index is 12.6. The predicted octanol–water partition coefficient (Wildman–Crippen LogP) is 1.00. The van der Waals surface area contributed by atoms with E-state index in [4.69, 9.17) is 0 Å². The first-order valence-electron chi connectivity index (χ1n) is 11.4. The summed E-state index contributed by atoms with van der Waals surface area (Å²) in [6.45, 7) is 8.57. The van der Waals surface area contributed by atoms with Gasteiger partial charge in [0.2, 0.25) is 5.91 Å². The van der Waals surface area contributed by atoms with Crippen LogP contribution in [-0.4, -0.2) is 81.6 Å². The van der Waals surface area contributed by atoms with Gasteiger partial charge in [-0.25, -0.2) is 9.97 Å². The third-order valence-corrected chi connectivity index (χ3v) is 6.63. The van der Waals surface area contributed by atoms with E-state index in [1.54, 1.807) is 17.9 Å². The van der Waals surface area contributed by atoms with Crippen molar-refractivity contribution in [1.82, 2.24) is 25.1 Å². The van der Waals surface area contributed by atoms with Crippen molar-refractivity contribution in [3.8, 4) is 0 Å². The summed E-state index contributed by atoms with van der Waals surface area (Å²) in [6, 6.07) is 10.1. The van der Waals surface area contributed by atoms with Gasteiger partial charge in [0, 0.05) is 51.3 Å². The molecule has 2 amide bonds. The molecule has 1 saturated heterocycles. The van der Waals surface area contributed by atoms with Crippen LogP contribution in [0.25, 0.3) is 0 Å². The molecule has 1 aromatic heterocycles. The standard InChI is InChI=1S/C24H32N6O3/c1-16(31)29-12-18(13-29)28-22-10-21(26-15-27-22)23(33)25-11-19(32)14-30-9-8-17-6-4-5-7-20(17)24(30,2)3/h4-7,10,15,18-19,32H,8-9,11-14H2,1-3H3,(H,25,33)(H,26,27,28)/t19-/m0/s1. The first-order chi connectivity index (χ1) is 15.7. The van der Waals surface area contributed by atoms with E-state index in [9.17, 15) is 14.7 Å². The van der Waals surface area contributed by atoms with Gasteiger partial charge in [0.15, 0.2) is 0 Å². The van der Waals surface area contributed by atoms with Crippen LogP contribution in [0, 0.1) is 0 Å². The molecule has 1 fully saturated rings. The van der Waals surface area contributed by atoms with Crippen LogP contribution in [0.4, 0.5) is 5.82 Å². The molecule has 3 heterocycles. The third kappa shape index (κ3) is 5.15. The lowest BCUT2D eigenvalue weighted by Crippen LogP contribution is -2.56. The van der Waals surface area contributed by atoms with Crippen molar-refractivity contribution >= 4 is 17.6 Å². The molecule has 0 saturated carbocycles. The Morgan fingerprint density at radius 1 is 1.24 bits per heavy atom. The van der Waals surface area contributed by atoms with E-state index in [0.717, 1.165) is 13.0 Å². The highest BCUT2D eigenvalue weighted by Crippen LogP contribution is 2.34. The summed E-state index contributed by atoms with van der Waals surface area (Å²) in [5.41, 5.74) is 2.68.